The highest BCUT2D eigenvalue weighted by Gasteiger charge is 2.32. The molecule has 0 spiro atoms. The highest BCUT2D eigenvalue weighted by atomic mass is 16.5. The molecule has 1 N–H and O–H groups in total. The van der Waals surface area contributed by atoms with Gasteiger partial charge >= 0.3 is 0 Å². The average Bonchev–Trinajstić information content (AvgIpc) is 2.41. The van der Waals surface area contributed by atoms with Gasteiger partial charge in [-0.1, -0.05) is 0 Å². The lowest BCUT2D eigenvalue weighted by Gasteiger charge is -2.40. The smallest absolute Gasteiger partial charge is 0.253 e. The van der Waals surface area contributed by atoms with Crippen LogP contribution in [0.5, 0.6) is 0 Å². The first-order chi connectivity index (χ1) is 8.59. The molecular formula is C13H25N3O2. The number of hydrogen-bond donors (Lipinski definition) is 1. The zero-order valence-corrected chi connectivity index (χ0v) is 11.7. The number of carbonyl (C=O) groups excluding carboxylic acids is 1. The fourth-order valence-corrected chi connectivity index (χ4v) is 2.75. The van der Waals surface area contributed by atoms with Crippen molar-refractivity contribution < 1.29 is 9.53 Å². The molecule has 2 aliphatic heterocycles. The van der Waals surface area contributed by atoms with Crippen LogP contribution in [0, 0.1) is 0 Å². The minimum atomic E-state index is -0.293. The maximum absolute atomic E-state index is 12.3. The number of piperidine rings is 1. The van der Waals surface area contributed by atoms with E-state index in [1.165, 1.54) is 0 Å². The third kappa shape index (κ3) is 3.02. The summed E-state index contributed by atoms with van der Waals surface area (Å²) in [6, 6.07) is 0.902. The molecule has 18 heavy (non-hydrogen) atoms. The number of nitrogens with one attached hydrogen (secondary N) is 1. The summed E-state index contributed by atoms with van der Waals surface area (Å²) in [6.45, 7) is 5.41. The molecule has 0 aromatic heterocycles. The van der Waals surface area contributed by atoms with Crippen LogP contribution in [-0.4, -0.2) is 74.2 Å². The number of ether oxygens (including phenoxy) is 1. The van der Waals surface area contributed by atoms with Gasteiger partial charge in [-0.25, -0.2) is 0 Å². The van der Waals surface area contributed by atoms with Crippen molar-refractivity contribution in [1.82, 2.24) is 15.1 Å². The number of rotatable bonds is 2. The Kier molecular flexibility index (Phi) is 4.59. The Bertz CT molecular complexity index is 292. The van der Waals surface area contributed by atoms with Crippen LogP contribution in [0.25, 0.3) is 0 Å². The van der Waals surface area contributed by atoms with E-state index in [9.17, 15) is 4.79 Å². The highest BCUT2D eigenvalue weighted by Crippen LogP contribution is 2.20. The van der Waals surface area contributed by atoms with Crippen molar-refractivity contribution in [3.8, 4) is 0 Å². The van der Waals surface area contributed by atoms with Crippen molar-refractivity contribution >= 4 is 5.91 Å². The largest absolute Gasteiger partial charge is 0.366 e. The summed E-state index contributed by atoms with van der Waals surface area (Å²) in [5.74, 6) is 0.129. The number of carbonyl (C=O) groups is 1. The van der Waals surface area contributed by atoms with E-state index in [1.54, 1.807) is 0 Å². The van der Waals surface area contributed by atoms with E-state index < -0.39 is 0 Å². The summed E-state index contributed by atoms with van der Waals surface area (Å²) >= 11 is 0. The lowest BCUT2D eigenvalue weighted by Crippen LogP contribution is -2.54. The van der Waals surface area contributed by atoms with E-state index in [0.29, 0.717) is 25.2 Å². The number of nitrogens with zero attached hydrogens (tertiary/aromatic N) is 2. The Morgan fingerprint density at radius 1 is 1.50 bits per heavy atom. The molecule has 3 unspecified atom stereocenters. The van der Waals surface area contributed by atoms with E-state index >= 15 is 0 Å². The van der Waals surface area contributed by atoms with E-state index in [1.807, 2.05) is 11.9 Å². The lowest BCUT2D eigenvalue weighted by atomic mass is 9.97. The molecular weight excluding hydrogens is 230 g/mol. The fourth-order valence-electron chi connectivity index (χ4n) is 2.75. The Morgan fingerprint density at radius 2 is 2.28 bits per heavy atom. The quantitative estimate of drug-likeness (QED) is 0.749. The average molecular weight is 255 g/mol. The van der Waals surface area contributed by atoms with Gasteiger partial charge in [0.25, 0.3) is 5.91 Å². The third-order valence-electron chi connectivity index (χ3n) is 4.28. The zero-order valence-electron chi connectivity index (χ0n) is 11.7. The molecule has 2 heterocycles. The van der Waals surface area contributed by atoms with Crippen LogP contribution in [0.2, 0.25) is 0 Å². The lowest BCUT2D eigenvalue weighted by molar-refractivity contribution is -0.147. The molecule has 3 atom stereocenters. The van der Waals surface area contributed by atoms with Gasteiger partial charge < -0.3 is 19.9 Å². The van der Waals surface area contributed by atoms with Crippen LogP contribution in [0.1, 0.15) is 19.8 Å². The van der Waals surface area contributed by atoms with Crippen LogP contribution < -0.4 is 5.32 Å². The van der Waals surface area contributed by atoms with Crippen molar-refractivity contribution in [3.63, 3.8) is 0 Å². The molecule has 0 bridgehead atoms. The van der Waals surface area contributed by atoms with Gasteiger partial charge in [-0.3, -0.25) is 4.79 Å². The van der Waals surface area contributed by atoms with Crippen LogP contribution in [-0.2, 0) is 9.53 Å². The van der Waals surface area contributed by atoms with E-state index in [4.69, 9.17) is 4.74 Å². The van der Waals surface area contributed by atoms with E-state index in [0.717, 1.165) is 25.9 Å². The molecule has 2 fully saturated rings. The first-order valence-corrected chi connectivity index (χ1v) is 6.89. The molecule has 0 aromatic carbocycles. The SMILES string of the molecule is CC1CC(N(C)C(=O)C2CNCCO2)CCN1C. The van der Waals surface area contributed by atoms with Gasteiger partial charge in [-0.15, -0.1) is 0 Å². The Balaban J connectivity index is 1.89. The summed E-state index contributed by atoms with van der Waals surface area (Å²) in [5.41, 5.74) is 0. The second-order valence-electron chi connectivity index (χ2n) is 5.52. The maximum atomic E-state index is 12.3. The third-order valence-corrected chi connectivity index (χ3v) is 4.28. The van der Waals surface area contributed by atoms with E-state index in [-0.39, 0.29) is 12.0 Å². The number of likely N-dealkylation sites (N-methyl/N-ethyl adjacent to an activating group) is 1. The summed E-state index contributed by atoms with van der Waals surface area (Å²) in [5, 5.41) is 3.21. The predicted octanol–water partition coefficient (Wildman–Crippen LogP) is -0.0841. The van der Waals surface area contributed by atoms with Crippen LogP contribution >= 0.6 is 0 Å². The van der Waals surface area contributed by atoms with Crippen molar-refractivity contribution in [2.75, 3.05) is 40.3 Å². The molecule has 0 aliphatic carbocycles. The van der Waals surface area contributed by atoms with Gasteiger partial charge in [0.2, 0.25) is 0 Å². The first kappa shape index (κ1) is 13.8. The highest BCUT2D eigenvalue weighted by molar-refractivity contribution is 5.81. The van der Waals surface area contributed by atoms with Gasteiger partial charge in [0.1, 0.15) is 6.10 Å². The Hall–Kier alpha value is -0.650. The summed E-state index contributed by atoms with van der Waals surface area (Å²) in [6.07, 6.45) is 1.82. The molecule has 2 saturated heterocycles. The van der Waals surface area contributed by atoms with Gasteiger partial charge in [0.05, 0.1) is 6.61 Å². The van der Waals surface area contributed by atoms with Crippen molar-refractivity contribution in [2.24, 2.45) is 0 Å². The summed E-state index contributed by atoms with van der Waals surface area (Å²) < 4.78 is 5.54. The van der Waals surface area contributed by atoms with Gasteiger partial charge in [-0.2, -0.15) is 0 Å². The van der Waals surface area contributed by atoms with Gasteiger partial charge in [0, 0.05) is 38.8 Å². The molecule has 0 saturated carbocycles. The monoisotopic (exact) mass is 255 g/mol. The second-order valence-corrected chi connectivity index (χ2v) is 5.52. The molecule has 5 nitrogen and oxygen atoms in total. The topological polar surface area (TPSA) is 44.8 Å². The maximum Gasteiger partial charge on any atom is 0.253 e. The predicted molar refractivity (Wildman–Crippen MR) is 70.5 cm³/mol. The first-order valence-electron chi connectivity index (χ1n) is 6.89. The normalized spacial score (nSPS) is 34.3. The Morgan fingerprint density at radius 3 is 2.89 bits per heavy atom. The molecule has 0 radical (unpaired) electrons. The zero-order chi connectivity index (χ0) is 13.1. The minimum absolute atomic E-state index is 0.129. The second kappa shape index (κ2) is 5.99. The number of amides is 1. The molecule has 104 valence electrons. The number of likely N-dealkylation sites (tertiary alicyclic amines) is 1. The minimum Gasteiger partial charge on any atom is -0.366 e. The number of morpholine rings is 1. The van der Waals surface area contributed by atoms with Crippen LogP contribution in [0.4, 0.5) is 0 Å². The summed E-state index contributed by atoms with van der Waals surface area (Å²) in [7, 11) is 4.07. The van der Waals surface area contributed by atoms with Crippen LogP contribution in [0.3, 0.4) is 0 Å². The molecule has 0 aromatic rings. The van der Waals surface area contributed by atoms with Gasteiger partial charge in [-0.05, 0) is 26.8 Å². The van der Waals surface area contributed by atoms with E-state index in [2.05, 4.69) is 24.2 Å². The number of hydrogen-bond acceptors (Lipinski definition) is 4. The Labute approximate surface area is 109 Å². The molecule has 1 amide bonds. The fraction of sp³-hybridized carbons (Fsp3) is 0.923. The van der Waals surface area contributed by atoms with Crippen molar-refractivity contribution in [1.29, 1.82) is 0 Å². The van der Waals surface area contributed by atoms with Crippen molar-refractivity contribution in [2.45, 2.75) is 38.0 Å². The molecule has 5 heteroatoms. The standard InChI is InChI=1S/C13H25N3O2/c1-10-8-11(4-6-15(10)2)16(3)13(17)12-9-14-5-7-18-12/h10-12,14H,4-9H2,1-3H3. The molecule has 2 rings (SSSR count). The summed E-state index contributed by atoms with van der Waals surface area (Å²) in [4.78, 5) is 16.6. The van der Waals surface area contributed by atoms with Gasteiger partial charge in [0.15, 0.2) is 0 Å². The van der Waals surface area contributed by atoms with Crippen LogP contribution in [0.15, 0.2) is 0 Å². The van der Waals surface area contributed by atoms with Crippen molar-refractivity contribution in [3.05, 3.63) is 0 Å². The molecule has 2 aliphatic rings.